The fraction of sp³-hybridized carbons (Fsp3) is 0.214. The summed E-state index contributed by atoms with van der Waals surface area (Å²) >= 11 is 7.10. The first-order valence-electron chi connectivity index (χ1n) is 6.04. The van der Waals surface area contributed by atoms with E-state index in [1.807, 2.05) is 11.4 Å². The Labute approximate surface area is 127 Å². The van der Waals surface area contributed by atoms with Crippen molar-refractivity contribution in [3.8, 4) is 0 Å². The summed E-state index contributed by atoms with van der Waals surface area (Å²) in [6.45, 7) is 0. The number of rotatable bonds is 6. The lowest BCUT2D eigenvalue weighted by Gasteiger charge is -2.04. The number of Topliss-reactive ketones (excluding diaryl/α,β-unsaturated/α-hetero) is 1. The third-order valence-electron chi connectivity index (χ3n) is 2.79. The van der Waals surface area contributed by atoms with Crippen molar-refractivity contribution in [2.24, 2.45) is 0 Å². The fourth-order valence-corrected chi connectivity index (χ4v) is 3.87. The largest absolute Gasteiger partial charge is 0.293 e. The maximum atomic E-state index is 12.1. The molecule has 20 heavy (non-hydrogen) atoms. The average molecular weight is 329 g/mol. The summed E-state index contributed by atoms with van der Waals surface area (Å²) in [5.74, 6) is -0.0440. The first-order valence-corrected chi connectivity index (χ1v) is 8.95. The quantitative estimate of drug-likeness (QED) is 0.757. The Morgan fingerprint density at radius 2 is 1.85 bits per heavy atom. The minimum Gasteiger partial charge on any atom is -0.293 e. The molecule has 0 aliphatic rings. The predicted molar refractivity (Wildman–Crippen MR) is 81.4 cm³/mol. The lowest BCUT2D eigenvalue weighted by atomic mass is 10.2. The van der Waals surface area contributed by atoms with Crippen molar-refractivity contribution >= 4 is 38.6 Å². The van der Waals surface area contributed by atoms with E-state index in [1.165, 1.54) is 23.5 Å². The predicted octanol–water partition coefficient (Wildman–Crippen LogP) is 3.84. The lowest BCUT2D eigenvalue weighted by Crippen LogP contribution is -2.08. The number of benzene rings is 1. The van der Waals surface area contributed by atoms with Gasteiger partial charge in [-0.05, 0) is 42.1 Å². The molecule has 1 aromatic carbocycles. The Morgan fingerprint density at radius 1 is 1.15 bits per heavy atom. The summed E-state index contributed by atoms with van der Waals surface area (Å²) in [6, 6.07) is 9.62. The Balaban J connectivity index is 1.93. The fourth-order valence-electron chi connectivity index (χ4n) is 1.74. The highest BCUT2D eigenvalue weighted by molar-refractivity contribution is 7.91. The van der Waals surface area contributed by atoms with Gasteiger partial charge in [0, 0.05) is 11.4 Å². The van der Waals surface area contributed by atoms with Crippen LogP contribution in [0.4, 0.5) is 0 Å². The molecule has 0 spiro atoms. The molecule has 0 saturated heterocycles. The summed E-state index contributed by atoms with van der Waals surface area (Å²) < 4.78 is 24.1. The van der Waals surface area contributed by atoms with Crippen molar-refractivity contribution < 1.29 is 13.2 Å². The van der Waals surface area contributed by atoms with Crippen molar-refractivity contribution in [3.63, 3.8) is 0 Å². The van der Waals surface area contributed by atoms with E-state index in [-0.39, 0.29) is 22.9 Å². The number of hydrogen-bond acceptors (Lipinski definition) is 4. The van der Waals surface area contributed by atoms with Crippen LogP contribution in [0.5, 0.6) is 0 Å². The molecule has 0 amide bonds. The first-order chi connectivity index (χ1) is 9.49. The number of hydrogen-bond donors (Lipinski definition) is 0. The Hall–Kier alpha value is -1.17. The van der Waals surface area contributed by atoms with Gasteiger partial charge in [0.05, 0.1) is 15.5 Å². The van der Waals surface area contributed by atoms with E-state index in [1.54, 1.807) is 18.2 Å². The van der Waals surface area contributed by atoms with Gasteiger partial charge in [0.25, 0.3) is 0 Å². The van der Waals surface area contributed by atoms with Crippen LogP contribution in [0, 0.1) is 0 Å². The van der Waals surface area contributed by atoms with E-state index in [0.29, 0.717) is 16.3 Å². The van der Waals surface area contributed by atoms with Gasteiger partial charge in [-0.2, -0.15) is 0 Å². The molecule has 3 nitrogen and oxygen atoms in total. The summed E-state index contributed by atoms with van der Waals surface area (Å²) in [5, 5.41) is 2.33. The summed E-state index contributed by atoms with van der Waals surface area (Å²) in [5.41, 5.74) is 0. The van der Waals surface area contributed by atoms with Crippen LogP contribution < -0.4 is 0 Å². The summed E-state index contributed by atoms with van der Waals surface area (Å²) in [6.07, 6.45) is 0.565. The Morgan fingerprint density at radius 3 is 2.45 bits per heavy atom. The second-order valence-corrected chi connectivity index (χ2v) is 7.77. The normalized spacial score (nSPS) is 11.4. The van der Waals surface area contributed by atoms with Gasteiger partial charge in [0.15, 0.2) is 15.6 Å². The van der Waals surface area contributed by atoms with E-state index in [9.17, 15) is 13.2 Å². The number of halogens is 1. The zero-order valence-electron chi connectivity index (χ0n) is 10.6. The van der Waals surface area contributed by atoms with Gasteiger partial charge >= 0.3 is 0 Å². The molecule has 0 aliphatic heterocycles. The van der Waals surface area contributed by atoms with Crippen LogP contribution in [0.15, 0.2) is 46.7 Å². The van der Waals surface area contributed by atoms with Gasteiger partial charge in [-0.1, -0.05) is 17.7 Å². The minimum absolute atomic E-state index is 0.00805. The molecular weight excluding hydrogens is 316 g/mol. The Kier molecular flexibility index (Phi) is 4.96. The van der Waals surface area contributed by atoms with Gasteiger partial charge in [-0.3, -0.25) is 4.79 Å². The molecule has 0 aliphatic carbocycles. The van der Waals surface area contributed by atoms with E-state index in [0.717, 1.165) is 0 Å². The van der Waals surface area contributed by atoms with Crippen LogP contribution in [0.1, 0.15) is 22.5 Å². The highest BCUT2D eigenvalue weighted by Gasteiger charge is 2.15. The molecule has 0 bridgehead atoms. The molecule has 0 saturated carbocycles. The molecule has 106 valence electrons. The maximum absolute atomic E-state index is 12.1. The van der Waals surface area contributed by atoms with Crippen LogP contribution in [0.2, 0.25) is 5.02 Å². The summed E-state index contributed by atoms with van der Waals surface area (Å²) in [7, 11) is -3.35. The molecule has 0 unspecified atom stereocenters. The van der Waals surface area contributed by atoms with Gasteiger partial charge < -0.3 is 0 Å². The summed E-state index contributed by atoms with van der Waals surface area (Å²) in [4.78, 5) is 12.7. The molecule has 0 radical (unpaired) electrons. The van der Waals surface area contributed by atoms with E-state index in [4.69, 9.17) is 11.6 Å². The van der Waals surface area contributed by atoms with Crippen molar-refractivity contribution in [1.82, 2.24) is 0 Å². The molecular formula is C14H13ClO3S2. The molecule has 0 atom stereocenters. The zero-order chi connectivity index (χ0) is 14.6. The number of ketones is 1. The zero-order valence-corrected chi connectivity index (χ0v) is 13.0. The van der Waals surface area contributed by atoms with Crippen LogP contribution in [0.25, 0.3) is 0 Å². The van der Waals surface area contributed by atoms with Crippen molar-refractivity contribution in [3.05, 3.63) is 51.7 Å². The third-order valence-corrected chi connectivity index (χ3v) is 5.77. The molecule has 1 aromatic heterocycles. The molecule has 0 fully saturated rings. The molecule has 0 N–H and O–H groups in total. The van der Waals surface area contributed by atoms with Gasteiger partial charge in [-0.15, -0.1) is 11.3 Å². The number of sulfone groups is 1. The lowest BCUT2D eigenvalue weighted by molar-refractivity contribution is 0.0986. The topological polar surface area (TPSA) is 51.2 Å². The molecule has 6 heteroatoms. The second kappa shape index (κ2) is 6.52. The van der Waals surface area contributed by atoms with Crippen LogP contribution >= 0.6 is 22.9 Å². The van der Waals surface area contributed by atoms with Gasteiger partial charge in [0.1, 0.15) is 0 Å². The molecule has 2 aromatic rings. The highest BCUT2D eigenvalue weighted by Crippen LogP contribution is 2.18. The van der Waals surface area contributed by atoms with Gasteiger partial charge in [0.2, 0.25) is 0 Å². The van der Waals surface area contributed by atoms with E-state index in [2.05, 4.69) is 0 Å². The minimum atomic E-state index is -3.35. The Bertz CT molecular complexity index is 674. The SMILES string of the molecule is O=C(CCCS(=O)(=O)c1ccc(Cl)cc1)c1cccs1. The number of carbonyl (C=O) groups is 1. The first kappa shape index (κ1) is 15.2. The third kappa shape index (κ3) is 3.91. The standard InChI is InChI=1S/C14H13ClO3S2/c15-11-5-7-12(8-6-11)20(17,18)10-2-3-13(16)14-4-1-9-19-14/h1,4-9H,2-3,10H2. The van der Waals surface area contributed by atoms with Crippen LogP contribution in [-0.2, 0) is 9.84 Å². The van der Waals surface area contributed by atoms with Crippen LogP contribution in [-0.4, -0.2) is 20.0 Å². The van der Waals surface area contributed by atoms with Gasteiger partial charge in [-0.25, -0.2) is 8.42 Å². The van der Waals surface area contributed by atoms with Crippen molar-refractivity contribution in [2.45, 2.75) is 17.7 Å². The molecule has 1 heterocycles. The average Bonchev–Trinajstić information content (AvgIpc) is 2.93. The maximum Gasteiger partial charge on any atom is 0.178 e. The molecule has 2 rings (SSSR count). The monoisotopic (exact) mass is 328 g/mol. The highest BCUT2D eigenvalue weighted by atomic mass is 35.5. The number of thiophene rings is 1. The van der Waals surface area contributed by atoms with E-state index < -0.39 is 9.84 Å². The van der Waals surface area contributed by atoms with E-state index >= 15 is 0 Å². The van der Waals surface area contributed by atoms with Crippen molar-refractivity contribution in [2.75, 3.05) is 5.75 Å². The van der Waals surface area contributed by atoms with Crippen LogP contribution in [0.3, 0.4) is 0 Å². The second-order valence-electron chi connectivity index (χ2n) is 4.28. The smallest absolute Gasteiger partial charge is 0.178 e. The van der Waals surface area contributed by atoms with Crippen molar-refractivity contribution in [1.29, 1.82) is 0 Å². The number of carbonyl (C=O) groups excluding carboxylic acids is 1.